The first kappa shape index (κ1) is 24.0. The van der Waals surface area contributed by atoms with Gasteiger partial charge in [0.2, 0.25) is 0 Å². The molecule has 0 saturated carbocycles. The Bertz CT molecular complexity index is 1340. The number of aryl methyl sites for hydroxylation is 1. The molecule has 0 spiro atoms. The van der Waals surface area contributed by atoms with Crippen LogP contribution in [0, 0.1) is 6.92 Å². The van der Waals surface area contributed by atoms with Crippen molar-refractivity contribution < 1.29 is 33.7 Å². The third kappa shape index (κ3) is 4.24. The highest BCUT2D eigenvalue weighted by molar-refractivity contribution is 7.17. The van der Waals surface area contributed by atoms with Gasteiger partial charge in [-0.1, -0.05) is 35.6 Å². The minimum absolute atomic E-state index is 0.110. The molecule has 35 heavy (non-hydrogen) atoms. The Morgan fingerprint density at radius 3 is 2.34 bits per heavy atom. The maximum atomic E-state index is 13.3. The van der Waals surface area contributed by atoms with Crippen LogP contribution in [-0.4, -0.2) is 49.1 Å². The smallest absolute Gasteiger partial charge is 0.350 e. The number of hydrogen-bond donors (Lipinski definition) is 1. The van der Waals surface area contributed by atoms with Crippen molar-refractivity contribution in [2.45, 2.75) is 13.0 Å². The predicted octanol–water partition coefficient (Wildman–Crippen LogP) is 3.88. The minimum Gasteiger partial charge on any atom is -0.507 e. The van der Waals surface area contributed by atoms with E-state index in [2.05, 4.69) is 4.98 Å². The van der Waals surface area contributed by atoms with Gasteiger partial charge in [-0.05, 0) is 36.8 Å². The van der Waals surface area contributed by atoms with Crippen molar-refractivity contribution in [1.29, 1.82) is 0 Å². The number of methoxy groups -OCH3 is 3. The number of amides is 1. The van der Waals surface area contributed by atoms with E-state index in [-0.39, 0.29) is 21.3 Å². The highest BCUT2D eigenvalue weighted by Crippen LogP contribution is 2.44. The number of thiazole rings is 1. The van der Waals surface area contributed by atoms with Crippen molar-refractivity contribution >= 4 is 39.9 Å². The summed E-state index contributed by atoms with van der Waals surface area (Å²) in [4.78, 5) is 44.5. The Kier molecular flexibility index (Phi) is 6.57. The second-order valence-corrected chi connectivity index (χ2v) is 8.55. The largest absolute Gasteiger partial charge is 0.507 e. The molecular formula is C25H22N2O7S. The second-order valence-electron chi connectivity index (χ2n) is 7.58. The molecule has 1 amide bonds. The van der Waals surface area contributed by atoms with E-state index in [1.54, 1.807) is 55.5 Å². The third-order valence-electron chi connectivity index (χ3n) is 5.58. The second kappa shape index (κ2) is 9.59. The van der Waals surface area contributed by atoms with Crippen LogP contribution in [0.3, 0.4) is 0 Å². The molecule has 180 valence electrons. The summed E-state index contributed by atoms with van der Waals surface area (Å²) in [7, 11) is 4.26. The predicted molar refractivity (Wildman–Crippen MR) is 129 cm³/mol. The fourth-order valence-electron chi connectivity index (χ4n) is 3.82. The number of anilines is 1. The summed E-state index contributed by atoms with van der Waals surface area (Å²) in [5.74, 6) is -1.65. The molecule has 0 aliphatic carbocycles. The Labute approximate surface area is 205 Å². The molecule has 3 aromatic rings. The molecule has 0 radical (unpaired) electrons. The Morgan fingerprint density at radius 2 is 1.71 bits per heavy atom. The van der Waals surface area contributed by atoms with Crippen LogP contribution in [0.15, 0.2) is 54.1 Å². The standard InChI is InChI=1S/C25H22N2O7S/c1-13-22(24(31)34-4)35-25(26-13)27-19(14-8-10-16(32-2)11-9-14)18(21(29)23(27)30)20(28)15-6-5-7-17(12-15)33-3/h5-12,19,28H,1-4H3/b20-18+/t19-/m0/s1. The summed E-state index contributed by atoms with van der Waals surface area (Å²) >= 11 is 0.935. The van der Waals surface area contributed by atoms with E-state index in [0.29, 0.717) is 28.3 Å². The van der Waals surface area contributed by atoms with E-state index in [4.69, 9.17) is 14.2 Å². The van der Waals surface area contributed by atoms with Gasteiger partial charge in [-0.2, -0.15) is 0 Å². The maximum Gasteiger partial charge on any atom is 0.350 e. The molecular weight excluding hydrogens is 472 g/mol. The van der Waals surface area contributed by atoms with Gasteiger partial charge in [-0.15, -0.1) is 0 Å². The number of benzene rings is 2. The van der Waals surface area contributed by atoms with Crippen LogP contribution in [0.25, 0.3) is 5.76 Å². The summed E-state index contributed by atoms with van der Waals surface area (Å²) < 4.78 is 15.3. The van der Waals surface area contributed by atoms with Crippen molar-refractivity contribution in [3.63, 3.8) is 0 Å². The third-order valence-corrected chi connectivity index (χ3v) is 6.72. The van der Waals surface area contributed by atoms with Gasteiger partial charge in [0, 0.05) is 5.56 Å². The van der Waals surface area contributed by atoms with Gasteiger partial charge in [-0.3, -0.25) is 14.5 Å². The lowest BCUT2D eigenvalue weighted by Crippen LogP contribution is -2.29. The van der Waals surface area contributed by atoms with Crippen molar-refractivity contribution in [2.24, 2.45) is 0 Å². The van der Waals surface area contributed by atoms with Crippen LogP contribution in [0.2, 0.25) is 0 Å². The fourth-order valence-corrected chi connectivity index (χ4v) is 4.84. The average molecular weight is 495 g/mol. The minimum atomic E-state index is -0.997. The lowest BCUT2D eigenvalue weighted by atomic mass is 9.95. The lowest BCUT2D eigenvalue weighted by molar-refractivity contribution is -0.132. The zero-order chi connectivity index (χ0) is 25.3. The van der Waals surface area contributed by atoms with E-state index in [1.165, 1.54) is 26.2 Å². The summed E-state index contributed by atoms with van der Waals surface area (Å²) in [5.41, 5.74) is 1.11. The van der Waals surface area contributed by atoms with Crippen molar-refractivity contribution in [3.8, 4) is 11.5 Å². The number of ketones is 1. The number of carbonyl (C=O) groups is 3. The normalized spacial score (nSPS) is 16.9. The number of aromatic nitrogens is 1. The van der Waals surface area contributed by atoms with E-state index in [1.807, 2.05) is 0 Å². The van der Waals surface area contributed by atoms with Crippen LogP contribution < -0.4 is 14.4 Å². The lowest BCUT2D eigenvalue weighted by Gasteiger charge is -2.23. The zero-order valence-corrected chi connectivity index (χ0v) is 20.2. The number of aliphatic hydroxyl groups excluding tert-OH is 1. The molecule has 10 heteroatoms. The van der Waals surface area contributed by atoms with Crippen LogP contribution in [0.4, 0.5) is 5.13 Å². The SMILES string of the molecule is COC(=O)c1sc(N2C(=O)C(=O)/C(=C(/O)c3cccc(OC)c3)[C@@H]2c2ccc(OC)cc2)nc1C. The highest BCUT2D eigenvalue weighted by atomic mass is 32.1. The molecule has 1 aliphatic heterocycles. The molecule has 1 fully saturated rings. The molecule has 1 saturated heterocycles. The van der Waals surface area contributed by atoms with Crippen molar-refractivity contribution in [3.05, 3.63) is 75.8 Å². The van der Waals surface area contributed by atoms with Gasteiger partial charge < -0.3 is 19.3 Å². The molecule has 0 unspecified atom stereocenters. The zero-order valence-electron chi connectivity index (χ0n) is 19.4. The van der Waals surface area contributed by atoms with Crippen molar-refractivity contribution in [1.82, 2.24) is 4.98 Å². The van der Waals surface area contributed by atoms with Gasteiger partial charge in [0.15, 0.2) is 5.13 Å². The molecule has 0 bridgehead atoms. The Balaban J connectivity index is 1.93. The van der Waals surface area contributed by atoms with Crippen LogP contribution in [-0.2, 0) is 14.3 Å². The number of aliphatic hydroxyl groups is 1. The molecule has 4 rings (SSSR count). The van der Waals surface area contributed by atoms with Gasteiger partial charge >= 0.3 is 11.9 Å². The summed E-state index contributed by atoms with van der Waals surface area (Å²) in [6.07, 6.45) is 0. The van der Waals surface area contributed by atoms with Crippen LogP contribution >= 0.6 is 11.3 Å². The van der Waals surface area contributed by atoms with E-state index in [9.17, 15) is 19.5 Å². The number of hydrogen-bond acceptors (Lipinski definition) is 9. The molecule has 2 aromatic carbocycles. The van der Waals surface area contributed by atoms with Crippen LogP contribution in [0.1, 0.15) is 32.5 Å². The van der Waals surface area contributed by atoms with Crippen LogP contribution in [0.5, 0.6) is 11.5 Å². The number of esters is 1. The Morgan fingerprint density at radius 1 is 1.03 bits per heavy atom. The first-order chi connectivity index (χ1) is 16.8. The summed E-state index contributed by atoms with van der Waals surface area (Å²) in [5, 5.41) is 11.4. The molecule has 1 N–H and O–H groups in total. The average Bonchev–Trinajstić information content (AvgIpc) is 3.39. The first-order valence-corrected chi connectivity index (χ1v) is 11.3. The van der Waals surface area contributed by atoms with E-state index in [0.717, 1.165) is 11.3 Å². The van der Waals surface area contributed by atoms with E-state index >= 15 is 0 Å². The number of Topliss-reactive ketones (excluding diaryl/α,β-unsaturated/α-hetero) is 1. The molecule has 2 heterocycles. The fraction of sp³-hybridized carbons (Fsp3) is 0.200. The van der Waals surface area contributed by atoms with Crippen molar-refractivity contribution in [2.75, 3.05) is 26.2 Å². The molecule has 9 nitrogen and oxygen atoms in total. The van der Waals surface area contributed by atoms with E-state index < -0.39 is 23.7 Å². The highest BCUT2D eigenvalue weighted by Gasteiger charge is 2.48. The van der Waals surface area contributed by atoms with Gasteiger partial charge in [-0.25, -0.2) is 9.78 Å². The quantitative estimate of drug-likeness (QED) is 0.238. The number of rotatable bonds is 6. The molecule has 1 aliphatic rings. The topological polar surface area (TPSA) is 115 Å². The van der Waals surface area contributed by atoms with Gasteiger partial charge in [0.1, 0.15) is 22.1 Å². The first-order valence-electron chi connectivity index (χ1n) is 10.5. The number of ether oxygens (including phenoxy) is 3. The van der Waals surface area contributed by atoms with Gasteiger partial charge in [0.05, 0.1) is 38.6 Å². The number of nitrogens with zero attached hydrogens (tertiary/aromatic N) is 2. The summed E-state index contributed by atoms with van der Waals surface area (Å²) in [6, 6.07) is 12.3. The Hall–Kier alpha value is -4.18. The number of carbonyl (C=O) groups excluding carboxylic acids is 3. The summed E-state index contributed by atoms with van der Waals surface area (Å²) in [6.45, 7) is 1.61. The molecule has 1 atom stereocenters. The van der Waals surface area contributed by atoms with Gasteiger partial charge in [0.25, 0.3) is 5.78 Å². The monoisotopic (exact) mass is 494 g/mol. The molecule has 1 aromatic heterocycles. The maximum absolute atomic E-state index is 13.3.